The van der Waals surface area contributed by atoms with Gasteiger partial charge in [0.2, 0.25) is 11.9 Å². The van der Waals surface area contributed by atoms with Crippen molar-refractivity contribution in [3.63, 3.8) is 0 Å². The molecule has 0 radical (unpaired) electrons. The average Bonchev–Trinajstić information content (AvgIpc) is 3.17. The first kappa shape index (κ1) is 22.8. The largest absolute Gasteiger partial charge is 0.336 e. The van der Waals surface area contributed by atoms with Gasteiger partial charge in [0.25, 0.3) is 0 Å². The first-order valence-corrected chi connectivity index (χ1v) is 10.6. The van der Waals surface area contributed by atoms with Crippen molar-refractivity contribution in [2.75, 3.05) is 18.4 Å². The molecule has 2 aromatic carbocycles. The highest BCUT2D eigenvalue weighted by Crippen LogP contribution is 2.24. The molecule has 0 aliphatic rings. The number of imidazole rings is 1. The molecule has 0 aliphatic heterocycles. The van der Waals surface area contributed by atoms with Gasteiger partial charge in [0.15, 0.2) is 0 Å². The number of hydrogen-bond donors (Lipinski definition) is 2. The van der Waals surface area contributed by atoms with Gasteiger partial charge >= 0.3 is 6.03 Å². The third kappa shape index (κ3) is 5.85. The molecular weight excluding hydrogens is 402 g/mol. The molecule has 1 aromatic heterocycles. The van der Waals surface area contributed by atoms with Crippen molar-refractivity contribution < 1.29 is 9.59 Å². The summed E-state index contributed by atoms with van der Waals surface area (Å²) in [6, 6.07) is 17.4. The number of carbonyl (C=O) groups excluding carboxylic acids is 2. The maximum Gasteiger partial charge on any atom is 0.318 e. The molecule has 1 heterocycles. The van der Waals surface area contributed by atoms with Gasteiger partial charge in [-0.2, -0.15) is 0 Å². The molecule has 3 amide bonds. The fourth-order valence-electron chi connectivity index (χ4n) is 3.17. The molecule has 166 valence electrons. The van der Waals surface area contributed by atoms with Crippen molar-refractivity contribution in [1.29, 1.82) is 0 Å². The van der Waals surface area contributed by atoms with Crippen LogP contribution in [0.1, 0.15) is 19.4 Å². The van der Waals surface area contributed by atoms with Crippen LogP contribution in [0.3, 0.4) is 0 Å². The van der Waals surface area contributed by atoms with Crippen molar-refractivity contribution in [3.05, 3.63) is 79.0 Å². The summed E-state index contributed by atoms with van der Waals surface area (Å²) in [5.74, 6) is 0.0462. The highest BCUT2D eigenvalue weighted by atomic mass is 16.2. The molecule has 0 saturated heterocycles. The Morgan fingerprint density at radius 2 is 1.81 bits per heavy atom. The summed E-state index contributed by atoms with van der Waals surface area (Å²) in [6.45, 7) is 9.58. The Balaban J connectivity index is 1.87. The van der Waals surface area contributed by atoms with Crippen LogP contribution in [-0.2, 0) is 4.79 Å². The minimum Gasteiger partial charge on any atom is -0.336 e. The Bertz CT molecular complexity index is 1070. The molecule has 32 heavy (non-hydrogen) atoms. The molecule has 0 bridgehead atoms. The molecule has 0 atom stereocenters. The van der Waals surface area contributed by atoms with Gasteiger partial charge in [-0.15, -0.1) is 6.58 Å². The summed E-state index contributed by atoms with van der Waals surface area (Å²) in [6.07, 6.45) is 3.48. The van der Waals surface area contributed by atoms with Gasteiger partial charge in [0.05, 0.1) is 5.69 Å². The average molecular weight is 432 g/mol. The molecular formula is C25H29N5O2. The normalized spacial score (nSPS) is 10.6. The number of urea groups is 1. The number of anilines is 1. The second-order valence-electron chi connectivity index (χ2n) is 7.84. The van der Waals surface area contributed by atoms with E-state index in [9.17, 15) is 9.59 Å². The number of nitrogens with one attached hydrogen (secondary N) is 2. The Morgan fingerprint density at radius 3 is 2.44 bits per heavy atom. The highest BCUT2D eigenvalue weighted by Gasteiger charge is 2.19. The number of aromatic nitrogens is 2. The van der Waals surface area contributed by atoms with Crippen LogP contribution in [0.2, 0.25) is 0 Å². The quantitative estimate of drug-likeness (QED) is 0.519. The molecule has 2 N–H and O–H groups in total. The van der Waals surface area contributed by atoms with E-state index in [0.717, 1.165) is 22.5 Å². The molecule has 0 fully saturated rings. The van der Waals surface area contributed by atoms with E-state index >= 15 is 0 Å². The lowest BCUT2D eigenvalue weighted by Gasteiger charge is -2.22. The SMILES string of the molecule is C=CCN(CC(=O)Nc1nc(-c2ccccc2)cn1-c1ccc(C)cc1)C(=O)NC(C)C. The van der Waals surface area contributed by atoms with Crippen LogP contribution >= 0.6 is 0 Å². The lowest BCUT2D eigenvalue weighted by atomic mass is 10.2. The van der Waals surface area contributed by atoms with Gasteiger partial charge in [-0.3, -0.25) is 14.7 Å². The van der Waals surface area contributed by atoms with Crippen LogP contribution in [-0.4, -0.2) is 45.5 Å². The van der Waals surface area contributed by atoms with E-state index in [2.05, 4.69) is 22.2 Å². The zero-order chi connectivity index (χ0) is 23.1. The number of nitrogens with zero attached hydrogens (tertiary/aromatic N) is 3. The monoisotopic (exact) mass is 431 g/mol. The lowest BCUT2D eigenvalue weighted by Crippen LogP contribution is -2.46. The van der Waals surface area contributed by atoms with E-state index in [1.807, 2.05) is 86.1 Å². The van der Waals surface area contributed by atoms with Gasteiger partial charge < -0.3 is 10.2 Å². The van der Waals surface area contributed by atoms with E-state index in [0.29, 0.717) is 5.95 Å². The van der Waals surface area contributed by atoms with E-state index < -0.39 is 0 Å². The molecule has 7 heteroatoms. The van der Waals surface area contributed by atoms with Gasteiger partial charge in [0, 0.05) is 30.0 Å². The third-order valence-corrected chi connectivity index (χ3v) is 4.72. The maximum absolute atomic E-state index is 12.9. The Morgan fingerprint density at radius 1 is 1.12 bits per heavy atom. The van der Waals surface area contributed by atoms with Crippen LogP contribution in [0.25, 0.3) is 16.9 Å². The number of hydrogen-bond acceptors (Lipinski definition) is 3. The van der Waals surface area contributed by atoms with Crippen molar-refractivity contribution in [1.82, 2.24) is 19.8 Å². The highest BCUT2D eigenvalue weighted by molar-refractivity contribution is 5.93. The summed E-state index contributed by atoms with van der Waals surface area (Å²) in [4.78, 5) is 31.3. The van der Waals surface area contributed by atoms with Gasteiger partial charge in [-0.05, 0) is 32.9 Å². The van der Waals surface area contributed by atoms with Gasteiger partial charge in [-0.25, -0.2) is 9.78 Å². The van der Waals surface area contributed by atoms with Crippen molar-refractivity contribution >= 4 is 17.9 Å². The molecule has 0 spiro atoms. The Labute approximate surface area is 188 Å². The van der Waals surface area contributed by atoms with Crippen LogP contribution in [0, 0.1) is 6.92 Å². The second-order valence-corrected chi connectivity index (χ2v) is 7.84. The van der Waals surface area contributed by atoms with Crippen molar-refractivity contribution in [2.24, 2.45) is 0 Å². The molecule has 3 aromatic rings. The minimum absolute atomic E-state index is 0.0354. The fourth-order valence-corrected chi connectivity index (χ4v) is 3.17. The van der Waals surface area contributed by atoms with Crippen molar-refractivity contribution in [2.45, 2.75) is 26.8 Å². The molecule has 0 unspecified atom stereocenters. The zero-order valence-electron chi connectivity index (χ0n) is 18.7. The predicted molar refractivity (Wildman–Crippen MR) is 128 cm³/mol. The van der Waals surface area contributed by atoms with Gasteiger partial charge in [-0.1, -0.05) is 54.1 Å². The lowest BCUT2D eigenvalue weighted by molar-refractivity contribution is -0.116. The minimum atomic E-state index is -0.343. The Hall–Kier alpha value is -3.87. The number of benzene rings is 2. The maximum atomic E-state index is 12.9. The number of carbonyl (C=O) groups is 2. The van der Waals surface area contributed by atoms with E-state index in [4.69, 9.17) is 0 Å². The summed E-state index contributed by atoms with van der Waals surface area (Å²) >= 11 is 0. The van der Waals surface area contributed by atoms with Gasteiger partial charge in [0.1, 0.15) is 6.54 Å². The third-order valence-electron chi connectivity index (χ3n) is 4.72. The first-order chi connectivity index (χ1) is 15.4. The molecule has 0 aliphatic carbocycles. The summed E-state index contributed by atoms with van der Waals surface area (Å²) in [5.41, 5.74) is 3.69. The topological polar surface area (TPSA) is 79.3 Å². The molecule has 3 rings (SSSR count). The zero-order valence-corrected chi connectivity index (χ0v) is 18.7. The van der Waals surface area contributed by atoms with Crippen LogP contribution in [0.15, 0.2) is 73.4 Å². The predicted octanol–water partition coefficient (Wildman–Crippen LogP) is 4.39. The standard InChI is InChI=1S/C25H29N5O2/c1-5-15-29(25(32)26-18(2)3)17-23(31)28-24-27-22(20-9-7-6-8-10-20)16-30(24)21-13-11-19(4)12-14-21/h5-14,16,18H,1,15,17H2,2-4H3,(H,26,32)(H,27,28,31). The van der Waals surface area contributed by atoms with E-state index in [1.54, 1.807) is 6.08 Å². The summed E-state index contributed by atoms with van der Waals surface area (Å²) in [7, 11) is 0. The van der Waals surface area contributed by atoms with Crippen molar-refractivity contribution in [3.8, 4) is 16.9 Å². The molecule has 7 nitrogen and oxygen atoms in total. The van der Waals surface area contributed by atoms with E-state index in [-0.39, 0.29) is 31.1 Å². The first-order valence-electron chi connectivity index (χ1n) is 10.6. The summed E-state index contributed by atoms with van der Waals surface area (Å²) < 4.78 is 1.84. The fraction of sp³-hybridized carbons (Fsp3) is 0.240. The number of amides is 3. The molecule has 0 saturated carbocycles. The second kappa shape index (κ2) is 10.4. The van der Waals surface area contributed by atoms with Crippen LogP contribution < -0.4 is 10.6 Å². The smallest absolute Gasteiger partial charge is 0.318 e. The van der Waals surface area contributed by atoms with Crippen LogP contribution in [0.5, 0.6) is 0 Å². The number of aryl methyl sites for hydroxylation is 1. The van der Waals surface area contributed by atoms with Crippen LogP contribution in [0.4, 0.5) is 10.7 Å². The number of rotatable bonds is 8. The summed E-state index contributed by atoms with van der Waals surface area (Å²) in [5, 5.41) is 5.67. The van der Waals surface area contributed by atoms with E-state index in [1.165, 1.54) is 4.90 Å². The Kier molecular flexibility index (Phi) is 7.44.